The summed E-state index contributed by atoms with van der Waals surface area (Å²) in [5.74, 6) is 0.630. The summed E-state index contributed by atoms with van der Waals surface area (Å²) in [5.41, 5.74) is 1.94. The van der Waals surface area contributed by atoms with E-state index in [2.05, 4.69) is 10.0 Å². The second-order valence-corrected chi connectivity index (χ2v) is 8.17. The number of benzene rings is 3. The molecule has 0 unspecified atom stereocenters. The number of anilines is 2. The lowest BCUT2D eigenvalue weighted by Crippen LogP contribution is -2.20. The van der Waals surface area contributed by atoms with Gasteiger partial charge in [0.05, 0.1) is 12.0 Å². The van der Waals surface area contributed by atoms with E-state index < -0.39 is 10.0 Å². The minimum atomic E-state index is -3.72. The number of nitrogens with one attached hydrogen (secondary N) is 2. The van der Waals surface area contributed by atoms with E-state index in [0.717, 1.165) is 5.56 Å². The number of methoxy groups -OCH3 is 1. The maximum absolute atomic E-state index is 12.4. The van der Waals surface area contributed by atoms with Crippen LogP contribution in [0.4, 0.5) is 11.4 Å². The summed E-state index contributed by atoms with van der Waals surface area (Å²) in [5, 5.41) is 2.67. The van der Waals surface area contributed by atoms with E-state index in [1.165, 1.54) is 31.4 Å². The average Bonchev–Trinajstić information content (AvgIpc) is 2.73. The third kappa shape index (κ3) is 5.51. The van der Waals surface area contributed by atoms with Crippen molar-refractivity contribution in [2.45, 2.75) is 11.8 Å². The highest BCUT2D eigenvalue weighted by Gasteiger charge is 2.14. The number of para-hydroxylation sites is 1. The standard InChI is InChI=1S/C22H22N2O5S/c1-16-8-13-20(21(14-16)28-2)29-15-22(25)23-17-9-11-19(12-10-17)30(26,27)24-18-6-4-3-5-7-18/h3-14,24H,15H2,1-2H3,(H,23,25). The molecule has 8 heteroatoms. The zero-order valence-electron chi connectivity index (χ0n) is 16.6. The quantitative estimate of drug-likeness (QED) is 0.571. The van der Waals surface area contributed by atoms with Crippen LogP contribution in [0.5, 0.6) is 11.5 Å². The molecule has 156 valence electrons. The molecule has 7 nitrogen and oxygen atoms in total. The number of ether oxygens (including phenoxy) is 2. The molecule has 0 aromatic heterocycles. The smallest absolute Gasteiger partial charge is 0.262 e. The molecular weight excluding hydrogens is 404 g/mol. The summed E-state index contributed by atoms with van der Waals surface area (Å²) in [6.07, 6.45) is 0. The molecule has 2 N–H and O–H groups in total. The molecule has 0 aliphatic carbocycles. The topological polar surface area (TPSA) is 93.7 Å². The van der Waals surface area contributed by atoms with Gasteiger partial charge in [0.15, 0.2) is 18.1 Å². The van der Waals surface area contributed by atoms with Gasteiger partial charge in [-0.25, -0.2) is 8.42 Å². The van der Waals surface area contributed by atoms with Crippen LogP contribution < -0.4 is 19.5 Å². The number of rotatable bonds is 8. The average molecular weight is 426 g/mol. The number of carbonyl (C=O) groups excluding carboxylic acids is 1. The monoisotopic (exact) mass is 426 g/mol. The van der Waals surface area contributed by atoms with Gasteiger partial charge in [-0.3, -0.25) is 9.52 Å². The van der Waals surface area contributed by atoms with E-state index in [4.69, 9.17) is 9.47 Å². The highest BCUT2D eigenvalue weighted by Crippen LogP contribution is 2.27. The highest BCUT2D eigenvalue weighted by atomic mass is 32.2. The maximum atomic E-state index is 12.4. The number of carbonyl (C=O) groups is 1. The minimum absolute atomic E-state index is 0.0880. The van der Waals surface area contributed by atoms with Gasteiger partial charge in [0.1, 0.15) is 0 Å². The molecular formula is C22H22N2O5S. The normalized spacial score (nSPS) is 10.9. The molecule has 0 atom stereocenters. The molecule has 0 aliphatic heterocycles. The Morgan fingerprint density at radius 1 is 0.900 bits per heavy atom. The third-order valence-electron chi connectivity index (χ3n) is 4.15. The van der Waals surface area contributed by atoms with Crippen molar-refractivity contribution in [1.82, 2.24) is 0 Å². The van der Waals surface area contributed by atoms with E-state index in [-0.39, 0.29) is 17.4 Å². The second kappa shape index (κ2) is 9.32. The van der Waals surface area contributed by atoms with Crippen molar-refractivity contribution in [3.8, 4) is 11.5 Å². The van der Waals surface area contributed by atoms with E-state index in [1.54, 1.807) is 36.4 Å². The van der Waals surface area contributed by atoms with Crippen molar-refractivity contribution in [2.24, 2.45) is 0 Å². The molecule has 0 bridgehead atoms. The molecule has 3 aromatic carbocycles. The molecule has 3 rings (SSSR count). The summed E-state index contributed by atoms with van der Waals surface area (Å²) in [7, 11) is -2.19. The fraction of sp³-hybridized carbons (Fsp3) is 0.136. The molecule has 0 aliphatic rings. The first-order valence-corrected chi connectivity index (χ1v) is 10.6. The molecule has 0 radical (unpaired) electrons. The summed E-state index contributed by atoms with van der Waals surface area (Å²) >= 11 is 0. The van der Waals surface area contributed by atoms with Crippen molar-refractivity contribution in [3.63, 3.8) is 0 Å². The number of aryl methyl sites for hydroxylation is 1. The van der Waals surface area contributed by atoms with Gasteiger partial charge in [0.2, 0.25) is 0 Å². The fourth-order valence-electron chi connectivity index (χ4n) is 2.67. The van der Waals surface area contributed by atoms with Crippen molar-refractivity contribution in [2.75, 3.05) is 23.8 Å². The first-order valence-electron chi connectivity index (χ1n) is 9.12. The number of sulfonamides is 1. The number of hydrogen-bond acceptors (Lipinski definition) is 5. The fourth-order valence-corrected chi connectivity index (χ4v) is 3.73. The van der Waals surface area contributed by atoms with Crippen LogP contribution in [0.3, 0.4) is 0 Å². The van der Waals surface area contributed by atoms with E-state index >= 15 is 0 Å². The van der Waals surface area contributed by atoms with Crippen LogP contribution in [-0.2, 0) is 14.8 Å². The van der Waals surface area contributed by atoms with Crippen LogP contribution in [-0.4, -0.2) is 28.0 Å². The Labute approximate surface area is 175 Å². The first kappa shape index (κ1) is 21.2. The number of amides is 1. The lowest BCUT2D eigenvalue weighted by atomic mass is 10.2. The summed E-state index contributed by atoms with van der Waals surface area (Å²) in [6, 6.07) is 19.9. The number of hydrogen-bond donors (Lipinski definition) is 2. The molecule has 0 spiro atoms. The molecule has 30 heavy (non-hydrogen) atoms. The van der Waals surface area contributed by atoms with E-state index in [1.807, 2.05) is 19.1 Å². The molecule has 0 saturated carbocycles. The van der Waals surface area contributed by atoms with Crippen LogP contribution in [0.25, 0.3) is 0 Å². The van der Waals surface area contributed by atoms with Crippen LogP contribution in [0, 0.1) is 6.92 Å². The second-order valence-electron chi connectivity index (χ2n) is 6.49. The zero-order chi connectivity index (χ0) is 21.6. The van der Waals surface area contributed by atoms with Gasteiger partial charge in [0.25, 0.3) is 15.9 Å². The van der Waals surface area contributed by atoms with Gasteiger partial charge >= 0.3 is 0 Å². The Kier molecular flexibility index (Phi) is 6.58. The molecule has 0 saturated heterocycles. The lowest BCUT2D eigenvalue weighted by molar-refractivity contribution is -0.118. The van der Waals surface area contributed by atoms with Crippen molar-refractivity contribution in [3.05, 3.63) is 78.4 Å². The Bertz CT molecular complexity index is 1110. The minimum Gasteiger partial charge on any atom is -0.493 e. The van der Waals surface area contributed by atoms with Gasteiger partial charge in [-0.05, 0) is 61.0 Å². The predicted molar refractivity (Wildman–Crippen MR) is 116 cm³/mol. The Hall–Kier alpha value is -3.52. The van der Waals surface area contributed by atoms with Gasteiger partial charge in [0, 0.05) is 11.4 Å². The zero-order valence-corrected chi connectivity index (χ0v) is 17.4. The summed E-state index contributed by atoms with van der Waals surface area (Å²) < 4.78 is 38.2. The van der Waals surface area contributed by atoms with Gasteiger partial charge in [-0.2, -0.15) is 0 Å². The van der Waals surface area contributed by atoms with Gasteiger partial charge in [-0.1, -0.05) is 24.3 Å². The van der Waals surface area contributed by atoms with Crippen molar-refractivity contribution in [1.29, 1.82) is 0 Å². The third-order valence-corrected chi connectivity index (χ3v) is 5.55. The Morgan fingerprint density at radius 2 is 1.60 bits per heavy atom. The maximum Gasteiger partial charge on any atom is 0.262 e. The molecule has 1 amide bonds. The Morgan fingerprint density at radius 3 is 2.27 bits per heavy atom. The molecule has 0 heterocycles. The SMILES string of the molecule is COc1cc(C)ccc1OCC(=O)Nc1ccc(S(=O)(=O)Nc2ccccc2)cc1. The van der Waals surface area contributed by atoms with E-state index in [0.29, 0.717) is 22.9 Å². The van der Waals surface area contributed by atoms with Crippen LogP contribution in [0.15, 0.2) is 77.7 Å². The van der Waals surface area contributed by atoms with Crippen LogP contribution in [0.1, 0.15) is 5.56 Å². The summed E-state index contributed by atoms with van der Waals surface area (Å²) in [6.45, 7) is 1.72. The van der Waals surface area contributed by atoms with Crippen molar-refractivity contribution < 1.29 is 22.7 Å². The van der Waals surface area contributed by atoms with Crippen molar-refractivity contribution >= 4 is 27.3 Å². The van der Waals surface area contributed by atoms with Gasteiger partial charge in [-0.15, -0.1) is 0 Å². The molecule has 3 aromatic rings. The predicted octanol–water partition coefficient (Wildman–Crippen LogP) is 3.82. The first-order chi connectivity index (χ1) is 14.4. The highest BCUT2D eigenvalue weighted by molar-refractivity contribution is 7.92. The van der Waals surface area contributed by atoms with E-state index in [9.17, 15) is 13.2 Å². The summed E-state index contributed by atoms with van der Waals surface area (Å²) in [4.78, 5) is 12.3. The largest absolute Gasteiger partial charge is 0.493 e. The van der Waals surface area contributed by atoms with Crippen LogP contribution in [0.2, 0.25) is 0 Å². The van der Waals surface area contributed by atoms with Crippen LogP contribution >= 0.6 is 0 Å². The van der Waals surface area contributed by atoms with Gasteiger partial charge < -0.3 is 14.8 Å². The Balaban J connectivity index is 1.59. The molecule has 0 fully saturated rings. The lowest BCUT2D eigenvalue weighted by Gasteiger charge is -2.12.